The van der Waals surface area contributed by atoms with Gasteiger partial charge in [0, 0.05) is 0 Å². The van der Waals surface area contributed by atoms with Crippen molar-refractivity contribution in [3.8, 4) is 0 Å². The van der Waals surface area contributed by atoms with Gasteiger partial charge in [-0.3, -0.25) is 0 Å². The molecule has 6 heteroatoms. The van der Waals surface area contributed by atoms with E-state index in [2.05, 4.69) is 13.2 Å². The second-order valence-corrected chi connectivity index (χ2v) is 10.7. The van der Waals surface area contributed by atoms with Crippen molar-refractivity contribution in [1.82, 2.24) is 0 Å². The van der Waals surface area contributed by atoms with E-state index in [4.69, 9.17) is 9.47 Å². The third-order valence-corrected chi connectivity index (χ3v) is 7.16. The summed E-state index contributed by atoms with van der Waals surface area (Å²) < 4.78 is 10.7. The maximum Gasteiger partial charge on any atom is 0.338 e. The minimum absolute atomic E-state index is 0.365. The minimum Gasteiger partial charge on any atom is -0.462 e. The standard InChI is InChI=1S/C34H54O6/c1-3-31(35)21-17-13-9-5-7-11-15-19-27-39-33(37)29-23-25-30(26-24-29)34(38)40-28-20-16-12-8-6-10-14-18-22-32(36)4-2/h3-4,23-26,31-32,35-36H,1-2,5-22,27-28H2. The Morgan fingerprint density at radius 1 is 0.550 bits per heavy atom. The fraction of sp³-hybridized carbons (Fsp3) is 0.647. The molecule has 2 N–H and O–H groups in total. The first-order valence-electron chi connectivity index (χ1n) is 15.5. The smallest absolute Gasteiger partial charge is 0.338 e. The number of rotatable bonds is 26. The monoisotopic (exact) mass is 558 g/mol. The summed E-state index contributed by atoms with van der Waals surface area (Å²) in [6.45, 7) is 7.98. The quantitative estimate of drug-likeness (QED) is 0.0678. The predicted molar refractivity (Wildman–Crippen MR) is 163 cm³/mol. The second kappa shape index (κ2) is 24.4. The molecular weight excluding hydrogens is 504 g/mol. The Morgan fingerprint density at radius 3 is 1.12 bits per heavy atom. The number of esters is 2. The topological polar surface area (TPSA) is 93.1 Å². The Hall–Kier alpha value is -2.44. The summed E-state index contributed by atoms with van der Waals surface area (Å²) in [7, 11) is 0. The number of benzene rings is 1. The Bertz CT molecular complexity index is 736. The normalized spacial score (nSPS) is 12.4. The number of hydrogen-bond acceptors (Lipinski definition) is 6. The highest BCUT2D eigenvalue weighted by atomic mass is 16.5. The van der Waals surface area contributed by atoms with Crippen LogP contribution in [0.3, 0.4) is 0 Å². The second-order valence-electron chi connectivity index (χ2n) is 10.7. The van der Waals surface area contributed by atoms with E-state index in [-0.39, 0.29) is 24.1 Å². The molecule has 6 nitrogen and oxygen atoms in total. The molecule has 226 valence electrons. The lowest BCUT2D eigenvalue weighted by atomic mass is 10.1. The maximum absolute atomic E-state index is 12.3. The van der Waals surface area contributed by atoms with Crippen molar-refractivity contribution >= 4 is 11.9 Å². The van der Waals surface area contributed by atoms with Crippen molar-refractivity contribution in [2.45, 2.75) is 128 Å². The SMILES string of the molecule is C=CC(O)CCCCCCCCCCOC(=O)c1ccc(C(=O)OCCCCCCCCCCC(O)C=C)cc1. The van der Waals surface area contributed by atoms with Crippen molar-refractivity contribution in [1.29, 1.82) is 0 Å². The number of hydrogen-bond donors (Lipinski definition) is 2. The lowest BCUT2D eigenvalue weighted by molar-refractivity contribution is 0.0483. The number of carbonyl (C=O) groups excluding carboxylic acids is 2. The third kappa shape index (κ3) is 18.8. The van der Waals surface area contributed by atoms with Gasteiger partial charge in [0.2, 0.25) is 0 Å². The number of ether oxygens (including phenoxy) is 2. The summed E-state index contributed by atoms with van der Waals surface area (Å²) in [5, 5.41) is 18.9. The van der Waals surface area contributed by atoms with Gasteiger partial charge in [-0.05, 0) is 49.9 Å². The molecule has 40 heavy (non-hydrogen) atoms. The van der Waals surface area contributed by atoms with Crippen molar-refractivity contribution in [2.24, 2.45) is 0 Å². The number of aliphatic hydroxyl groups excluding tert-OH is 2. The van der Waals surface area contributed by atoms with Crippen LogP contribution in [0.1, 0.15) is 136 Å². The Balaban J connectivity index is 2.02. The van der Waals surface area contributed by atoms with Gasteiger partial charge < -0.3 is 19.7 Å². The molecule has 2 unspecified atom stereocenters. The van der Waals surface area contributed by atoms with E-state index in [1.165, 1.54) is 38.5 Å². The number of carbonyl (C=O) groups is 2. The molecule has 0 bridgehead atoms. The Morgan fingerprint density at radius 2 is 0.825 bits per heavy atom. The fourth-order valence-corrected chi connectivity index (χ4v) is 4.51. The van der Waals surface area contributed by atoms with E-state index in [0.29, 0.717) is 24.3 Å². The molecule has 0 fully saturated rings. The summed E-state index contributed by atoms with van der Waals surface area (Å²) in [6, 6.07) is 6.46. The van der Waals surface area contributed by atoms with E-state index in [0.717, 1.165) is 77.0 Å². The van der Waals surface area contributed by atoms with E-state index in [1.807, 2.05) is 0 Å². The molecular formula is C34H54O6. The van der Waals surface area contributed by atoms with Crippen LogP contribution in [-0.4, -0.2) is 47.6 Å². The molecule has 1 rings (SSSR count). The van der Waals surface area contributed by atoms with Gasteiger partial charge in [-0.15, -0.1) is 13.2 Å². The molecule has 0 aliphatic carbocycles. The van der Waals surface area contributed by atoms with Crippen LogP contribution in [0.4, 0.5) is 0 Å². The van der Waals surface area contributed by atoms with Crippen LogP contribution in [0, 0.1) is 0 Å². The molecule has 2 atom stereocenters. The number of unbranched alkanes of at least 4 members (excludes halogenated alkanes) is 14. The zero-order chi connectivity index (χ0) is 29.3. The summed E-state index contributed by atoms with van der Waals surface area (Å²) in [6.07, 6.45) is 21.6. The van der Waals surface area contributed by atoms with Crippen molar-refractivity contribution in [3.05, 3.63) is 60.7 Å². The van der Waals surface area contributed by atoms with Gasteiger partial charge in [-0.25, -0.2) is 9.59 Å². The molecule has 0 saturated carbocycles. The maximum atomic E-state index is 12.3. The molecule has 1 aromatic rings. The van der Waals surface area contributed by atoms with Gasteiger partial charge in [0.25, 0.3) is 0 Å². The highest BCUT2D eigenvalue weighted by Gasteiger charge is 2.11. The Kier molecular flexibility index (Phi) is 21.7. The first-order valence-corrected chi connectivity index (χ1v) is 15.5. The highest BCUT2D eigenvalue weighted by molar-refractivity contribution is 5.93. The third-order valence-electron chi connectivity index (χ3n) is 7.16. The molecule has 0 spiro atoms. The highest BCUT2D eigenvalue weighted by Crippen LogP contribution is 2.13. The lowest BCUT2D eigenvalue weighted by Crippen LogP contribution is -2.09. The average Bonchev–Trinajstić information content (AvgIpc) is 2.98. The summed E-state index contributed by atoms with van der Waals surface area (Å²) in [5.74, 6) is -0.730. The van der Waals surface area contributed by atoms with E-state index in [1.54, 1.807) is 36.4 Å². The first-order chi connectivity index (χ1) is 19.5. The fourth-order valence-electron chi connectivity index (χ4n) is 4.51. The first kappa shape index (κ1) is 35.6. The average molecular weight is 559 g/mol. The van der Waals surface area contributed by atoms with Crippen molar-refractivity contribution in [2.75, 3.05) is 13.2 Å². The van der Waals surface area contributed by atoms with Crippen LogP contribution < -0.4 is 0 Å². The lowest BCUT2D eigenvalue weighted by Gasteiger charge is -2.07. The summed E-state index contributed by atoms with van der Waals surface area (Å²) >= 11 is 0. The molecule has 0 aliphatic rings. The molecule has 0 radical (unpaired) electrons. The van der Waals surface area contributed by atoms with Gasteiger partial charge in [0.15, 0.2) is 0 Å². The minimum atomic E-state index is -0.371. The summed E-state index contributed by atoms with van der Waals surface area (Å²) in [4.78, 5) is 24.5. The van der Waals surface area contributed by atoms with E-state index >= 15 is 0 Å². The van der Waals surface area contributed by atoms with Crippen molar-refractivity contribution in [3.63, 3.8) is 0 Å². The zero-order valence-corrected chi connectivity index (χ0v) is 24.7. The van der Waals surface area contributed by atoms with Crippen LogP contribution in [0.15, 0.2) is 49.6 Å². The Labute approximate surface area is 242 Å². The van der Waals surface area contributed by atoms with Crippen LogP contribution >= 0.6 is 0 Å². The van der Waals surface area contributed by atoms with Gasteiger partial charge in [-0.1, -0.05) is 102 Å². The zero-order valence-electron chi connectivity index (χ0n) is 24.7. The van der Waals surface area contributed by atoms with Gasteiger partial charge in [0.05, 0.1) is 36.5 Å². The van der Waals surface area contributed by atoms with Crippen molar-refractivity contribution < 1.29 is 29.3 Å². The molecule has 0 heterocycles. The van der Waals surface area contributed by atoms with Crippen LogP contribution in [0.2, 0.25) is 0 Å². The molecule has 0 aliphatic heterocycles. The predicted octanol–water partition coefficient (Wildman–Crippen LogP) is 8.12. The van der Waals surface area contributed by atoms with Gasteiger partial charge in [0.1, 0.15) is 0 Å². The van der Waals surface area contributed by atoms with Crippen LogP contribution in [0.25, 0.3) is 0 Å². The molecule has 0 aromatic heterocycles. The largest absolute Gasteiger partial charge is 0.462 e. The summed E-state index contributed by atoms with van der Waals surface area (Å²) in [5.41, 5.74) is 0.880. The molecule has 1 aromatic carbocycles. The van der Waals surface area contributed by atoms with Gasteiger partial charge >= 0.3 is 11.9 Å². The molecule has 0 saturated heterocycles. The van der Waals surface area contributed by atoms with Gasteiger partial charge in [-0.2, -0.15) is 0 Å². The van der Waals surface area contributed by atoms with E-state index < -0.39 is 0 Å². The molecule has 0 amide bonds. The van der Waals surface area contributed by atoms with Crippen LogP contribution in [0.5, 0.6) is 0 Å². The van der Waals surface area contributed by atoms with E-state index in [9.17, 15) is 19.8 Å². The van der Waals surface area contributed by atoms with Crippen LogP contribution in [-0.2, 0) is 9.47 Å². The number of aliphatic hydroxyl groups is 2.